The van der Waals surface area contributed by atoms with Gasteiger partial charge in [-0.1, -0.05) is 279 Å². The summed E-state index contributed by atoms with van der Waals surface area (Å²) in [5.74, 6) is 0. The van der Waals surface area contributed by atoms with Gasteiger partial charge in [-0.25, -0.2) is 0 Å². The van der Waals surface area contributed by atoms with Gasteiger partial charge in [0, 0.05) is 44.9 Å². The molecule has 84 heavy (non-hydrogen) atoms. The van der Waals surface area contributed by atoms with E-state index in [1.807, 2.05) is 0 Å². The molecular weight excluding hydrogens is 1050 g/mol. The largest absolute Gasteiger partial charge is 0.311 e. The molecule has 3 heterocycles. The highest BCUT2D eigenvalue weighted by Gasteiger charge is 2.47. The zero-order valence-corrected chi connectivity index (χ0v) is 48.3. The van der Waals surface area contributed by atoms with E-state index in [-0.39, 0.29) is 6.71 Å². The van der Waals surface area contributed by atoms with Crippen molar-refractivity contribution in [2.24, 2.45) is 0 Å². The lowest BCUT2D eigenvalue weighted by molar-refractivity contribution is 1.16. The van der Waals surface area contributed by atoms with Crippen LogP contribution in [0.25, 0.3) is 27.5 Å². The van der Waals surface area contributed by atoms with Crippen molar-refractivity contribution in [3.05, 3.63) is 340 Å². The zero-order valence-electron chi connectivity index (χ0n) is 46.3. The number of rotatable bonds is 11. The highest BCUT2D eigenvalue weighted by atomic mass is 28.3. The Morgan fingerprint density at radius 1 is 0.226 bits per heavy atom. The molecule has 14 aromatic rings. The predicted octanol–water partition coefficient (Wildman–Crippen LogP) is 11.6. The van der Waals surface area contributed by atoms with Crippen LogP contribution in [0.4, 0.5) is 34.1 Å². The predicted molar refractivity (Wildman–Crippen MR) is 362 cm³/mol. The Kier molecular flexibility index (Phi) is 12.0. The molecule has 0 spiro atoms. The molecule has 0 radical (unpaired) electrons. The van der Waals surface area contributed by atoms with Crippen molar-refractivity contribution in [2.45, 2.75) is 0 Å². The standard InChI is InChI=1S/C78H56BN3Si2/c1-8-28-57(29-9-1)81-75-56-67(84(63-36-16-5-17-37-63,64-38-18-6-19-39-64)65-40-20-7-21-41-65)52-53-71(75)79-70-44-24-27-47-74(70)80(76-54-59(55-77(81)78(76)79)82-72-45-25-22-42-68(72)69-43-23-26-46-73(69)82)58-48-50-66(51-49-58)83(60-30-10-2-11-31-60,61-32-12-3-13-33-61)62-34-14-4-15-35-62/h1-56H. The molecular formula is C78H56BN3Si2. The number of benzene rings is 13. The van der Waals surface area contributed by atoms with Gasteiger partial charge in [-0.3, -0.25) is 0 Å². The molecule has 13 aromatic carbocycles. The van der Waals surface area contributed by atoms with E-state index in [1.165, 1.54) is 91.1 Å². The van der Waals surface area contributed by atoms with Crippen LogP contribution < -0.4 is 67.7 Å². The smallest absolute Gasteiger partial charge is 0.252 e. The molecule has 0 atom stereocenters. The van der Waals surface area contributed by atoms with Gasteiger partial charge in [0.2, 0.25) is 0 Å². The summed E-state index contributed by atoms with van der Waals surface area (Å²) < 4.78 is 2.50. The molecule has 16 rings (SSSR count). The first-order valence-electron chi connectivity index (χ1n) is 29.2. The van der Waals surface area contributed by atoms with Gasteiger partial charge in [0.05, 0.1) is 16.7 Å². The lowest BCUT2D eigenvalue weighted by Crippen LogP contribution is -2.75. The minimum absolute atomic E-state index is 0.0894. The molecule has 0 unspecified atom stereocenters. The van der Waals surface area contributed by atoms with Crippen molar-refractivity contribution in [1.82, 2.24) is 4.57 Å². The first-order valence-corrected chi connectivity index (χ1v) is 33.2. The second-order valence-corrected chi connectivity index (χ2v) is 29.9. The van der Waals surface area contributed by atoms with Crippen molar-refractivity contribution >= 4 is 137 Å². The SMILES string of the molecule is c1ccc(N2c3cc([Si](c4ccccc4)(c4ccccc4)c4ccccc4)ccc3B3c4ccccc4N(c4ccc([Si](c5ccccc5)(c5ccccc5)c5ccccc5)cc4)c4cc(-n5c6ccccc6c6ccccc65)cc2c43)cc1. The number of nitrogens with zero attached hydrogens (tertiary/aromatic N) is 3. The summed E-state index contributed by atoms with van der Waals surface area (Å²) >= 11 is 0. The summed E-state index contributed by atoms with van der Waals surface area (Å²) in [6, 6.07) is 128. The van der Waals surface area contributed by atoms with Crippen molar-refractivity contribution in [3.63, 3.8) is 0 Å². The highest BCUT2D eigenvalue weighted by molar-refractivity contribution is 7.20. The molecule has 0 bridgehead atoms. The van der Waals surface area contributed by atoms with E-state index in [1.54, 1.807) is 0 Å². The van der Waals surface area contributed by atoms with Gasteiger partial charge in [0.15, 0.2) is 16.1 Å². The Morgan fingerprint density at radius 2 is 0.560 bits per heavy atom. The third kappa shape index (κ3) is 7.58. The number of hydrogen-bond acceptors (Lipinski definition) is 2. The molecule has 0 saturated carbocycles. The minimum atomic E-state index is -2.97. The third-order valence-electron chi connectivity index (χ3n) is 18.0. The second kappa shape index (κ2) is 20.3. The van der Waals surface area contributed by atoms with Crippen molar-refractivity contribution in [2.75, 3.05) is 9.80 Å². The number of para-hydroxylation sites is 4. The maximum absolute atomic E-state index is 2.97. The maximum Gasteiger partial charge on any atom is 0.252 e. The Morgan fingerprint density at radius 3 is 1.02 bits per heavy atom. The fourth-order valence-corrected chi connectivity index (χ4v) is 24.1. The molecule has 0 amide bonds. The van der Waals surface area contributed by atoms with Gasteiger partial charge >= 0.3 is 0 Å². The Bertz CT molecular complexity index is 4470. The van der Waals surface area contributed by atoms with Crippen LogP contribution >= 0.6 is 0 Å². The van der Waals surface area contributed by atoms with Gasteiger partial charge in [-0.15, -0.1) is 0 Å². The molecule has 3 nitrogen and oxygen atoms in total. The van der Waals surface area contributed by atoms with Crippen molar-refractivity contribution in [1.29, 1.82) is 0 Å². The Labute approximate surface area is 493 Å². The summed E-state index contributed by atoms with van der Waals surface area (Å²) in [6.07, 6.45) is 0. The summed E-state index contributed by atoms with van der Waals surface area (Å²) in [7, 11) is -5.80. The van der Waals surface area contributed by atoms with Crippen molar-refractivity contribution in [3.8, 4) is 5.69 Å². The maximum atomic E-state index is 2.60. The average Bonchev–Trinajstić information content (AvgIpc) is 1.83. The third-order valence-corrected chi connectivity index (χ3v) is 27.6. The monoisotopic (exact) mass is 1100 g/mol. The van der Waals surface area contributed by atoms with Gasteiger partial charge in [0.1, 0.15) is 0 Å². The summed E-state index contributed by atoms with van der Waals surface area (Å²) in [6.45, 7) is -0.0894. The van der Waals surface area contributed by atoms with Crippen LogP contribution in [0.3, 0.4) is 0 Å². The van der Waals surface area contributed by atoms with Crippen LogP contribution in [0.15, 0.2) is 340 Å². The molecule has 2 aliphatic rings. The van der Waals surface area contributed by atoms with Crippen LogP contribution in [0.1, 0.15) is 0 Å². The van der Waals surface area contributed by atoms with Crippen LogP contribution in [-0.4, -0.2) is 27.4 Å². The molecule has 0 saturated heterocycles. The van der Waals surface area contributed by atoms with Gasteiger partial charge in [0.25, 0.3) is 6.71 Å². The van der Waals surface area contributed by atoms with Gasteiger partial charge in [-0.2, -0.15) is 0 Å². The van der Waals surface area contributed by atoms with E-state index in [2.05, 4.69) is 354 Å². The normalized spacial score (nSPS) is 12.7. The molecule has 6 heteroatoms. The first-order chi connectivity index (χ1) is 41.7. The number of fused-ring (bicyclic) bond motifs is 7. The van der Waals surface area contributed by atoms with E-state index in [0.717, 1.165) is 28.4 Å². The lowest BCUT2D eigenvalue weighted by atomic mass is 9.33. The first kappa shape index (κ1) is 49.6. The number of aromatic nitrogens is 1. The van der Waals surface area contributed by atoms with Crippen molar-refractivity contribution < 1.29 is 0 Å². The Hall–Kier alpha value is -10.2. The lowest BCUT2D eigenvalue weighted by Gasteiger charge is -2.45. The molecule has 0 fully saturated rings. The topological polar surface area (TPSA) is 11.4 Å². The highest BCUT2D eigenvalue weighted by Crippen LogP contribution is 2.46. The van der Waals surface area contributed by atoms with Crippen LogP contribution in [0.5, 0.6) is 0 Å². The van der Waals surface area contributed by atoms with Gasteiger partial charge < -0.3 is 14.4 Å². The Balaban J connectivity index is 0.987. The molecule has 2 aliphatic heterocycles. The van der Waals surface area contributed by atoms with Crippen LogP contribution in [0, 0.1) is 0 Å². The minimum Gasteiger partial charge on any atom is -0.311 e. The van der Waals surface area contributed by atoms with Gasteiger partial charge in [-0.05, 0) is 119 Å². The number of hydrogen-bond donors (Lipinski definition) is 0. The van der Waals surface area contributed by atoms with E-state index in [9.17, 15) is 0 Å². The molecule has 0 aliphatic carbocycles. The van der Waals surface area contributed by atoms with E-state index in [0.29, 0.717) is 0 Å². The fourth-order valence-electron chi connectivity index (χ4n) is 14.6. The molecule has 394 valence electrons. The zero-order chi connectivity index (χ0) is 55.6. The quantitative estimate of drug-likeness (QED) is 0.0945. The number of anilines is 6. The van der Waals surface area contributed by atoms with Crippen LogP contribution in [-0.2, 0) is 0 Å². The average molecular weight is 1100 g/mol. The second-order valence-electron chi connectivity index (χ2n) is 22.3. The van der Waals surface area contributed by atoms with Crippen LogP contribution in [0.2, 0.25) is 0 Å². The molecule has 1 aromatic heterocycles. The summed E-state index contributed by atoms with van der Waals surface area (Å²) in [5, 5.41) is 13.2. The van der Waals surface area contributed by atoms with E-state index >= 15 is 0 Å². The molecule has 0 N–H and O–H groups in total. The van der Waals surface area contributed by atoms with E-state index < -0.39 is 16.1 Å². The van der Waals surface area contributed by atoms with E-state index in [4.69, 9.17) is 0 Å². The summed E-state index contributed by atoms with van der Waals surface area (Å²) in [4.78, 5) is 5.17. The fraction of sp³-hybridized carbons (Fsp3) is 0. The summed E-state index contributed by atoms with van der Waals surface area (Å²) in [5.41, 5.74) is 14.2.